The molecule has 39 heavy (non-hydrogen) atoms. The van der Waals surface area contributed by atoms with E-state index in [1.54, 1.807) is 51.1 Å². The fourth-order valence-corrected chi connectivity index (χ4v) is 5.78. The predicted molar refractivity (Wildman–Crippen MR) is 143 cm³/mol. The van der Waals surface area contributed by atoms with Gasteiger partial charge in [0.05, 0.1) is 19.0 Å². The number of ether oxygens (including phenoxy) is 2. The second kappa shape index (κ2) is 11.2. The van der Waals surface area contributed by atoms with E-state index in [-0.39, 0.29) is 34.8 Å². The number of aromatic nitrogens is 4. The van der Waals surface area contributed by atoms with Crippen molar-refractivity contribution in [3.05, 3.63) is 36.7 Å². The summed E-state index contributed by atoms with van der Waals surface area (Å²) in [5.41, 5.74) is 12.2. The van der Waals surface area contributed by atoms with Crippen LogP contribution in [0.4, 0.5) is 11.8 Å². The van der Waals surface area contributed by atoms with Crippen molar-refractivity contribution < 1.29 is 33.0 Å². The van der Waals surface area contributed by atoms with Crippen molar-refractivity contribution in [1.29, 1.82) is 0 Å². The van der Waals surface area contributed by atoms with Crippen LogP contribution < -0.4 is 21.1 Å². The molecule has 4 rings (SSSR count). The highest BCUT2D eigenvalue weighted by molar-refractivity contribution is 7.52. The number of imidazole rings is 1. The van der Waals surface area contributed by atoms with Crippen LogP contribution in [0, 0.1) is 0 Å². The fraction of sp³-hybridized carbons (Fsp3) is 0.478. The van der Waals surface area contributed by atoms with Crippen molar-refractivity contribution in [1.82, 2.24) is 24.6 Å². The van der Waals surface area contributed by atoms with Gasteiger partial charge < -0.3 is 30.6 Å². The van der Waals surface area contributed by atoms with Gasteiger partial charge in [0.2, 0.25) is 5.95 Å². The molecule has 0 saturated carbocycles. The average Bonchev–Trinajstić information content (AvgIpc) is 3.36. The quantitative estimate of drug-likeness (QED) is 0.154. The number of hydrogen-bond donors (Lipinski definition) is 4. The number of nitrogen functional groups attached to an aromatic ring is 2. The zero-order valence-electron chi connectivity index (χ0n) is 21.7. The fourth-order valence-electron chi connectivity index (χ4n) is 3.98. The third-order valence-corrected chi connectivity index (χ3v) is 7.92. The van der Waals surface area contributed by atoms with Crippen molar-refractivity contribution in [3.63, 3.8) is 0 Å². The summed E-state index contributed by atoms with van der Waals surface area (Å²) in [5.74, 6) is -0.429. The molecule has 0 aliphatic carbocycles. The second-order valence-electron chi connectivity index (χ2n) is 9.45. The van der Waals surface area contributed by atoms with Crippen molar-refractivity contribution >= 4 is 48.2 Å². The highest BCUT2D eigenvalue weighted by Crippen LogP contribution is 2.48. The lowest BCUT2D eigenvalue weighted by atomic mass is 10.0. The van der Waals surface area contributed by atoms with E-state index in [0.717, 1.165) is 0 Å². The number of rotatable bonds is 10. The third kappa shape index (κ3) is 6.26. The molecule has 6 N–H and O–H groups in total. The monoisotopic (exact) mass is 583 g/mol. The molecule has 1 fully saturated rings. The molecule has 3 aromatic rings. The Labute approximate surface area is 229 Å². The molecule has 1 aromatic carbocycles. The molecule has 0 unspecified atom stereocenters. The largest absolute Gasteiger partial charge is 0.462 e. The first-order valence-electron chi connectivity index (χ1n) is 12.1. The van der Waals surface area contributed by atoms with Gasteiger partial charge in [0.15, 0.2) is 17.7 Å². The molecule has 212 valence electrons. The Kier molecular flexibility index (Phi) is 8.36. The SMILES string of the molecule is CC(C)OC(=O)[C@@H](C)N[P@](=O)(OC[C@H]1O[C@@H](n2cnc3c(N)nc(N)nc32)[C@](C)(Cl)[C@@H]1O)Oc1ccccc1. The van der Waals surface area contributed by atoms with Gasteiger partial charge in [0.1, 0.15) is 34.4 Å². The maximum absolute atomic E-state index is 13.8. The van der Waals surface area contributed by atoms with Crippen molar-refractivity contribution in [2.45, 2.75) is 63.2 Å². The third-order valence-electron chi connectivity index (χ3n) is 5.87. The van der Waals surface area contributed by atoms with E-state index in [0.29, 0.717) is 0 Å². The zero-order chi connectivity index (χ0) is 28.5. The molecule has 0 radical (unpaired) electrons. The number of nitrogens with two attached hydrogens (primary N) is 2. The minimum absolute atomic E-state index is 0.0705. The number of nitrogens with one attached hydrogen (secondary N) is 1. The second-order valence-corrected chi connectivity index (χ2v) is 12.0. The normalized spacial score (nSPS) is 25.5. The number of aliphatic hydroxyl groups is 1. The Balaban J connectivity index is 1.55. The molecule has 0 amide bonds. The molecule has 6 atom stereocenters. The van der Waals surface area contributed by atoms with E-state index in [1.165, 1.54) is 17.8 Å². The summed E-state index contributed by atoms with van der Waals surface area (Å²) in [6.45, 7) is 5.99. The zero-order valence-corrected chi connectivity index (χ0v) is 23.4. The van der Waals surface area contributed by atoms with Crippen LogP contribution in [-0.2, 0) is 23.4 Å². The molecule has 1 saturated heterocycles. The molecule has 1 aliphatic heterocycles. The van der Waals surface area contributed by atoms with Crippen molar-refractivity contribution in [2.75, 3.05) is 18.1 Å². The molecule has 0 bridgehead atoms. The van der Waals surface area contributed by atoms with Crippen LogP contribution in [0.5, 0.6) is 5.75 Å². The van der Waals surface area contributed by atoms with Crippen LogP contribution in [0.2, 0.25) is 0 Å². The van der Waals surface area contributed by atoms with Crippen LogP contribution in [0.1, 0.15) is 33.9 Å². The van der Waals surface area contributed by atoms with Gasteiger partial charge in [-0.2, -0.15) is 15.1 Å². The van der Waals surface area contributed by atoms with E-state index in [4.69, 9.17) is 41.6 Å². The highest BCUT2D eigenvalue weighted by atomic mass is 35.5. The minimum Gasteiger partial charge on any atom is -0.462 e. The molecule has 16 heteroatoms. The number of hydrogen-bond acceptors (Lipinski definition) is 12. The highest BCUT2D eigenvalue weighted by Gasteiger charge is 2.54. The summed E-state index contributed by atoms with van der Waals surface area (Å²) in [6.07, 6.45) is -2.36. The standard InChI is InChI=1S/C23H31ClN7O7P/c1-12(2)36-20(33)13(3)30-39(34,38-14-8-6-5-7-9-14)35-10-15-17(32)23(4,24)21(37-15)31-11-27-16-18(25)28-22(26)29-19(16)31/h5-9,11-13,15,17,21,32H,10H2,1-4H3,(H,30,34)(H4,25,26,28,29)/t13-,15-,17-,21-,23-,39+/m1/s1. The van der Waals surface area contributed by atoms with Gasteiger partial charge in [-0.05, 0) is 39.8 Å². The van der Waals surface area contributed by atoms with E-state index >= 15 is 0 Å². The van der Waals surface area contributed by atoms with Crippen LogP contribution in [0.25, 0.3) is 11.2 Å². The lowest BCUT2D eigenvalue weighted by molar-refractivity contribution is -0.149. The smallest absolute Gasteiger partial charge is 0.459 e. The summed E-state index contributed by atoms with van der Waals surface area (Å²) >= 11 is 6.74. The van der Waals surface area contributed by atoms with Crippen LogP contribution in [0.3, 0.4) is 0 Å². The van der Waals surface area contributed by atoms with Crippen molar-refractivity contribution in [2.24, 2.45) is 0 Å². The van der Waals surface area contributed by atoms with Gasteiger partial charge in [-0.3, -0.25) is 13.9 Å². The number of fused-ring (bicyclic) bond motifs is 1. The Morgan fingerprint density at radius 1 is 1.28 bits per heavy atom. The molecular formula is C23H31ClN7O7P. The Morgan fingerprint density at radius 2 is 1.97 bits per heavy atom. The van der Waals surface area contributed by atoms with Gasteiger partial charge in [-0.15, -0.1) is 11.6 Å². The number of nitrogens with zero attached hydrogens (tertiary/aromatic N) is 4. The number of esters is 1. The topological polar surface area (TPSA) is 199 Å². The van der Waals surface area contributed by atoms with Gasteiger partial charge in [0.25, 0.3) is 0 Å². The first-order valence-corrected chi connectivity index (χ1v) is 14.0. The predicted octanol–water partition coefficient (Wildman–Crippen LogP) is 2.38. The van der Waals surface area contributed by atoms with E-state index in [1.807, 2.05) is 0 Å². The summed E-state index contributed by atoms with van der Waals surface area (Å²) in [4.78, 5) is 23.2. The number of benzene rings is 1. The number of alkyl halides is 1. The molecule has 0 spiro atoms. The summed E-state index contributed by atoms with van der Waals surface area (Å²) in [7, 11) is -4.21. The number of carbonyl (C=O) groups excluding carboxylic acids is 1. The molecular weight excluding hydrogens is 553 g/mol. The van der Waals surface area contributed by atoms with E-state index in [2.05, 4.69) is 20.0 Å². The van der Waals surface area contributed by atoms with E-state index in [9.17, 15) is 14.5 Å². The number of halogens is 1. The number of anilines is 2. The van der Waals surface area contributed by atoms with E-state index < -0.39 is 49.7 Å². The maximum Gasteiger partial charge on any atom is 0.459 e. The number of aliphatic hydroxyl groups excluding tert-OH is 1. The minimum atomic E-state index is -4.21. The van der Waals surface area contributed by atoms with Crippen molar-refractivity contribution in [3.8, 4) is 5.75 Å². The molecule has 14 nitrogen and oxygen atoms in total. The first kappa shape index (κ1) is 29.0. The maximum atomic E-state index is 13.8. The summed E-state index contributed by atoms with van der Waals surface area (Å²) in [6, 6.07) is 7.22. The van der Waals surface area contributed by atoms with Crippen LogP contribution in [0.15, 0.2) is 36.7 Å². The van der Waals surface area contributed by atoms with Gasteiger partial charge in [-0.1, -0.05) is 18.2 Å². The van der Waals surface area contributed by atoms with Gasteiger partial charge in [-0.25, -0.2) is 9.55 Å². The molecule has 2 aromatic heterocycles. The average molecular weight is 584 g/mol. The Bertz CT molecular complexity index is 1370. The Morgan fingerprint density at radius 3 is 2.64 bits per heavy atom. The number of carbonyl (C=O) groups is 1. The lowest BCUT2D eigenvalue weighted by Crippen LogP contribution is -2.40. The number of para-hydroxylation sites is 1. The molecule has 1 aliphatic rings. The van der Waals surface area contributed by atoms with Crippen LogP contribution >= 0.6 is 19.3 Å². The summed E-state index contributed by atoms with van der Waals surface area (Å²) in [5, 5.41) is 13.6. The first-order chi connectivity index (χ1) is 18.3. The van der Waals surface area contributed by atoms with Gasteiger partial charge in [0, 0.05) is 0 Å². The molecule has 3 heterocycles. The summed E-state index contributed by atoms with van der Waals surface area (Å²) < 4.78 is 37.8. The van der Waals surface area contributed by atoms with Gasteiger partial charge >= 0.3 is 13.7 Å². The van der Waals surface area contributed by atoms with Crippen LogP contribution in [-0.4, -0.2) is 66.4 Å². The lowest BCUT2D eigenvalue weighted by Gasteiger charge is -2.26. The Hall–Kier alpha value is -3.00.